The molecular weight excluding hydrogens is 340 g/mol. The van der Waals surface area contributed by atoms with Gasteiger partial charge in [0.15, 0.2) is 0 Å². The third-order valence-corrected chi connectivity index (χ3v) is 5.53. The van der Waals surface area contributed by atoms with Crippen molar-refractivity contribution in [3.05, 3.63) is 40.6 Å². The van der Waals surface area contributed by atoms with E-state index in [2.05, 4.69) is 5.16 Å². The topological polar surface area (TPSA) is 55.6 Å². The molecule has 2 fully saturated rings. The van der Waals surface area contributed by atoms with E-state index in [1.54, 1.807) is 13.0 Å². The lowest BCUT2D eigenvalue weighted by Crippen LogP contribution is -2.54. The molecule has 2 aromatic rings. The number of rotatable bonds is 2. The number of carbonyl (C=O) groups is 1. The number of morpholine rings is 1. The van der Waals surface area contributed by atoms with Crippen molar-refractivity contribution in [3.8, 4) is 11.3 Å². The predicted octanol–water partition coefficient (Wildman–Crippen LogP) is 4.09. The summed E-state index contributed by atoms with van der Waals surface area (Å²) in [5, 5.41) is 4.69. The fraction of sp³-hybridized carbons (Fsp3) is 0.474. The largest absolute Gasteiger partial charge is 0.374 e. The summed E-state index contributed by atoms with van der Waals surface area (Å²) in [6.45, 7) is 2.96. The van der Waals surface area contributed by atoms with Crippen LogP contribution in [0.2, 0.25) is 5.02 Å². The molecule has 1 saturated carbocycles. The molecule has 1 saturated heterocycles. The number of halogens is 1. The number of carbonyl (C=O) groups excluding carboxylic acids is 1. The second-order valence-electron chi connectivity index (χ2n) is 6.70. The maximum Gasteiger partial charge on any atom is 0.260 e. The highest BCUT2D eigenvalue weighted by molar-refractivity contribution is 6.33. The highest BCUT2D eigenvalue weighted by Crippen LogP contribution is 2.34. The zero-order valence-electron chi connectivity index (χ0n) is 14.2. The molecule has 2 heterocycles. The maximum atomic E-state index is 13.4. The molecule has 1 amide bonds. The average Bonchev–Trinajstić information content (AvgIpc) is 3.02. The zero-order chi connectivity index (χ0) is 17.4. The van der Waals surface area contributed by atoms with Crippen LogP contribution in [0.1, 0.15) is 41.8 Å². The molecular formula is C19H21ClN2O3. The van der Waals surface area contributed by atoms with Crippen LogP contribution in [0.4, 0.5) is 0 Å². The summed E-state index contributed by atoms with van der Waals surface area (Å²) in [7, 11) is 0. The Morgan fingerprint density at radius 3 is 2.92 bits per heavy atom. The smallest absolute Gasteiger partial charge is 0.260 e. The normalized spacial score (nSPS) is 23.4. The minimum Gasteiger partial charge on any atom is -0.374 e. The second-order valence-corrected chi connectivity index (χ2v) is 7.11. The molecule has 1 aromatic heterocycles. The summed E-state index contributed by atoms with van der Waals surface area (Å²) >= 11 is 6.31. The van der Waals surface area contributed by atoms with Crippen LogP contribution in [0.25, 0.3) is 11.3 Å². The number of amides is 1. The molecule has 0 radical (unpaired) electrons. The first-order valence-electron chi connectivity index (χ1n) is 8.80. The van der Waals surface area contributed by atoms with Gasteiger partial charge in [-0.2, -0.15) is 0 Å². The van der Waals surface area contributed by atoms with Gasteiger partial charge in [-0.1, -0.05) is 47.8 Å². The minimum atomic E-state index is -0.0335. The van der Waals surface area contributed by atoms with E-state index in [9.17, 15) is 4.79 Å². The van der Waals surface area contributed by atoms with Gasteiger partial charge in [-0.05, 0) is 25.8 Å². The Bertz CT molecular complexity index is 787. The van der Waals surface area contributed by atoms with Gasteiger partial charge >= 0.3 is 0 Å². The zero-order valence-corrected chi connectivity index (χ0v) is 15.0. The summed E-state index contributed by atoms with van der Waals surface area (Å²) in [6, 6.07) is 7.53. The van der Waals surface area contributed by atoms with Crippen molar-refractivity contribution in [2.45, 2.75) is 44.8 Å². The number of nitrogens with zero attached hydrogens (tertiary/aromatic N) is 2. The third kappa shape index (κ3) is 2.96. The van der Waals surface area contributed by atoms with Gasteiger partial charge in [-0.25, -0.2) is 0 Å². The fourth-order valence-electron chi connectivity index (χ4n) is 3.95. The standard InChI is InChI=1S/C19H21ClN2O3/c1-12-17(18(21-25-12)13-6-2-3-7-14(13)20)19(23)22-10-11-24-16-9-5-4-8-15(16)22/h2-3,6-7,15-16H,4-5,8-11H2,1H3. The first kappa shape index (κ1) is 16.6. The molecule has 2 unspecified atom stereocenters. The Hall–Kier alpha value is -1.85. The molecule has 0 spiro atoms. The molecule has 1 aromatic carbocycles. The van der Waals surface area contributed by atoms with E-state index in [-0.39, 0.29) is 18.1 Å². The average molecular weight is 361 g/mol. The summed E-state index contributed by atoms with van der Waals surface area (Å²) in [5.74, 6) is 0.493. The molecule has 132 valence electrons. The second kappa shape index (κ2) is 6.81. The van der Waals surface area contributed by atoms with Crippen molar-refractivity contribution in [1.82, 2.24) is 10.1 Å². The van der Waals surface area contributed by atoms with Gasteiger partial charge in [-0.3, -0.25) is 4.79 Å². The Balaban J connectivity index is 1.71. The minimum absolute atomic E-state index is 0.0335. The third-order valence-electron chi connectivity index (χ3n) is 5.20. The maximum absolute atomic E-state index is 13.4. The molecule has 2 aliphatic rings. The number of hydrogen-bond acceptors (Lipinski definition) is 4. The van der Waals surface area contributed by atoms with Gasteiger partial charge in [0.05, 0.1) is 23.8 Å². The van der Waals surface area contributed by atoms with Gasteiger partial charge in [0.1, 0.15) is 17.0 Å². The predicted molar refractivity (Wildman–Crippen MR) is 94.7 cm³/mol. The molecule has 1 aliphatic carbocycles. The summed E-state index contributed by atoms with van der Waals surface area (Å²) in [4.78, 5) is 15.3. The molecule has 1 aliphatic heterocycles. The van der Waals surface area contributed by atoms with Crippen LogP contribution in [-0.2, 0) is 4.74 Å². The van der Waals surface area contributed by atoms with Crippen LogP contribution in [0.5, 0.6) is 0 Å². The number of benzene rings is 1. The number of aryl methyl sites for hydroxylation is 1. The van der Waals surface area contributed by atoms with Crippen LogP contribution >= 0.6 is 11.6 Å². The highest BCUT2D eigenvalue weighted by atomic mass is 35.5. The van der Waals surface area contributed by atoms with Gasteiger partial charge in [-0.15, -0.1) is 0 Å². The lowest BCUT2D eigenvalue weighted by molar-refractivity contribution is -0.0753. The Morgan fingerprint density at radius 1 is 1.28 bits per heavy atom. The number of fused-ring (bicyclic) bond motifs is 1. The van der Waals surface area contributed by atoms with Crippen molar-refractivity contribution in [1.29, 1.82) is 0 Å². The van der Waals surface area contributed by atoms with E-state index in [1.165, 1.54) is 6.42 Å². The molecule has 0 bridgehead atoms. The summed E-state index contributed by atoms with van der Waals surface area (Å²) in [5.41, 5.74) is 1.75. The molecule has 5 nitrogen and oxygen atoms in total. The van der Waals surface area contributed by atoms with Crippen LogP contribution < -0.4 is 0 Å². The number of ether oxygens (including phenoxy) is 1. The first-order valence-corrected chi connectivity index (χ1v) is 9.18. The quantitative estimate of drug-likeness (QED) is 0.809. The fourth-order valence-corrected chi connectivity index (χ4v) is 4.18. The highest BCUT2D eigenvalue weighted by Gasteiger charge is 2.39. The van der Waals surface area contributed by atoms with Crippen LogP contribution in [0.3, 0.4) is 0 Å². The Labute approximate surface area is 151 Å². The monoisotopic (exact) mass is 360 g/mol. The van der Waals surface area contributed by atoms with E-state index in [0.717, 1.165) is 24.8 Å². The molecule has 0 N–H and O–H groups in total. The molecule has 6 heteroatoms. The summed E-state index contributed by atoms with van der Waals surface area (Å²) < 4.78 is 11.3. The first-order chi connectivity index (χ1) is 12.2. The van der Waals surface area contributed by atoms with Crippen LogP contribution in [0, 0.1) is 6.92 Å². The van der Waals surface area contributed by atoms with E-state index in [4.69, 9.17) is 20.9 Å². The van der Waals surface area contributed by atoms with E-state index in [0.29, 0.717) is 35.2 Å². The van der Waals surface area contributed by atoms with E-state index < -0.39 is 0 Å². The van der Waals surface area contributed by atoms with Crippen molar-refractivity contribution in [2.75, 3.05) is 13.2 Å². The number of hydrogen-bond donors (Lipinski definition) is 0. The molecule has 25 heavy (non-hydrogen) atoms. The van der Waals surface area contributed by atoms with E-state index in [1.807, 2.05) is 23.1 Å². The van der Waals surface area contributed by atoms with Gasteiger partial charge in [0.25, 0.3) is 5.91 Å². The van der Waals surface area contributed by atoms with Crippen LogP contribution in [0.15, 0.2) is 28.8 Å². The van der Waals surface area contributed by atoms with Gasteiger partial charge in [0, 0.05) is 12.1 Å². The van der Waals surface area contributed by atoms with E-state index >= 15 is 0 Å². The van der Waals surface area contributed by atoms with Gasteiger partial charge < -0.3 is 14.2 Å². The molecule has 4 rings (SSSR count). The van der Waals surface area contributed by atoms with Crippen molar-refractivity contribution in [2.24, 2.45) is 0 Å². The lowest BCUT2D eigenvalue weighted by Gasteiger charge is -2.43. The van der Waals surface area contributed by atoms with Crippen LogP contribution in [-0.4, -0.2) is 41.3 Å². The van der Waals surface area contributed by atoms with Crippen molar-refractivity contribution in [3.63, 3.8) is 0 Å². The van der Waals surface area contributed by atoms with Crippen molar-refractivity contribution < 1.29 is 14.1 Å². The SMILES string of the molecule is Cc1onc(-c2ccccc2Cl)c1C(=O)N1CCOC2CCCCC21. The van der Waals surface area contributed by atoms with Crippen molar-refractivity contribution >= 4 is 17.5 Å². The lowest BCUT2D eigenvalue weighted by atomic mass is 9.89. The molecule has 2 atom stereocenters. The van der Waals surface area contributed by atoms with Gasteiger partial charge in [0.2, 0.25) is 0 Å². The Kier molecular flexibility index (Phi) is 4.52. The Morgan fingerprint density at radius 2 is 2.08 bits per heavy atom. The summed E-state index contributed by atoms with van der Waals surface area (Å²) in [6.07, 6.45) is 4.46. The number of aromatic nitrogens is 1.